The van der Waals surface area contributed by atoms with Crippen LogP contribution in [-0.2, 0) is 17.9 Å². The lowest BCUT2D eigenvalue weighted by molar-refractivity contribution is -0.122. The first kappa shape index (κ1) is 12.1. The Hall–Kier alpha value is -2.37. The smallest absolute Gasteiger partial charge is 0.243 e. The Morgan fingerprint density at radius 3 is 2.72 bits per heavy atom. The number of nitrogens with one attached hydrogen (secondary N) is 1. The van der Waals surface area contributed by atoms with Crippen LogP contribution in [0.15, 0.2) is 30.5 Å². The molecule has 94 valence electrons. The average molecular weight is 245 g/mol. The SMILES string of the molecule is Cc1ccc(CNC(=O)Cn2ncc(N)n2)cc1. The lowest BCUT2D eigenvalue weighted by atomic mass is 10.1. The fourth-order valence-corrected chi connectivity index (χ4v) is 1.48. The minimum absolute atomic E-state index is 0.0725. The van der Waals surface area contributed by atoms with E-state index in [9.17, 15) is 4.79 Å². The van der Waals surface area contributed by atoms with Crippen molar-refractivity contribution >= 4 is 11.7 Å². The summed E-state index contributed by atoms with van der Waals surface area (Å²) in [6, 6.07) is 7.99. The molecule has 0 aliphatic carbocycles. The summed E-state index contributed by atoms with van der Waals surface area (Å²) < 4.78 is 0. The summed E-state index contributed by atoms with van der Waals surface area (Å²) in [7, 11) is 0. The van der Waals surface area contributed by atoms with Crippen molar-refractivity contribution in [2.24, 2.45) is 0 Å². The van der Waals surface area contributed by atoms with Crippen molar-refractivity contribution in [3.8, 4) is 0 Å². The molecular formula is C12H15N5O. The van der Waals surface area contributed by atoms with E-state index >= 15 is 0 Å². The van der Waals surface area contributed by atoms with Gasteiger partial charge in [0.15, 0.2) is 5.82 Å². The molecule has 2 rings (SSSR count). The lowest BCUT2D eigenvalue weighted by Gasteiger charge is -2.05. The Balaban J connectivity index is 1.83. The number of carbonyl (C=O) groups is 1. The number of amides is 1. The molecule has 0 aliphatic heterocycles. The molecular weight excluding hydrogens is 230 g/mol. The summed E-state index contributed by atoms with van der Waals surface area (Å²) in [5.74, 6) is 0.160. The van der Waals surface area contributed by atoms with E-state index in [1.165, 1.54) is 16.6 Å². The Labute approximate surface area is 105 Å². The Kier molecular flexibility index (Phi) is 3.57. The zero-order chi connectivity index (χ0) is 13.0. The number of nitrogen functional groups attached to an aromatic ring is 1. The first-order chi connectivity index (χ1) is 8.63. The van der Waals surface area contributed by atoms with E-state index in [4.69, 9.17) is 5.73 Å². The molecule has 0 unspecified atom stereocenters. The highest BCUT2D eigenvalue weighted by atomic mass is 16.2. The predicted molar refractivity (Wildman–Crippen MR) is 67.5 cm³/mol. The van der Waals surface area contributed by atoms with Crippen LogP contribution < -0.4 is 11.1 Å². The molecule has 1 amide bonds. The molecule has 1 heterocycles. The van der Waals surface area contributed by atoms with Gasteiger partial charge >= 0.3 is 0 Å². The van der Waals surface area contributed by atoms with Gasteiger partial charge in [-0.3, -0.25) is 4.79 Å². The maximum atomic E-state index is 11.6. The number of hydrogen-bond donors (Lipinski definition) is 2. The topological polar surface area (TPSA) is 85.8 Å². The third-order valence-corrected chi connectivity index (χ3v) is 2.45. The molecule has 0 fully saturated rings. The summed E-state index contributed by atoms with van der Waals surface area (Å²) in [5, 5.41) is 10.5. The molecule has 2 aromatic rings. The molecule has 0 radical (unpaired) electrons. The molecule has 0 atom stereocenters. The van der Waals surface area contributed by atoms with Crippen molar-refractivity contribution in [2.45, 2.75) is 20.0 Å². The van der Waals surface area contributed by atoms with Gasteiger partial charge in [0.25, 0.3) is 0 Å². The fraction of sp³-hybridized carbons (Fsp3) is 0.250. The van der Waals surface area contributed by atoms with Crippen molar-refractivity contribution in [1.29, 1.82) is 0 Å². The summed E-state index contributed by atoms with van der Waals surface area (Å²) in [6.45, 7) is 2.59. The number of anilines is 1. The largest absolute Gasteiger partial charge is 0.381 e. The average Bonchev–Trinajstić information content (AvgIpc) is 2.74. The number of nitrogens with two attached hydrogens (primary N) is 1. The van der Waals surface area contributed by atoms with Gasteiger partial charge in [0.2, 0.25) is 5.91 Å². The molecule has 0 aliphatic rings. The van der Waals surface area contributed by atoms with Crippen LogP contribution in [0.2, 0.25) is 0 Å². The molecule has 0 saturated heterocycles. The summed E-state index contributed by atoms with van der Waals surface area (Å²) in [4.78, 5) is 12.9. The first-order valence-electron chi connectivity index (χ1n) is 5.61. The minimum atomic E-state index is -0.147. The van der Waals surface area contributed by atoms with Crippen LogP contribution in [0.3, 0.4) is 0 Å². The highest BCUT2D eigenvalue weighted by molar-refractivity contribution is 5.75. The van der Waals surface area contributed by atoms with Crippen LogP contribution >= 0.6 is 0 Å². The van der Waals surface area contributed by atoms with Gasteiger partial charge in [0, 0.05) is 6.54 Å². The van der Waals surface area contributed by atoms with Crippen molar-refractivity contribution < 1.29 is 4.79 Å². The molecule has 18 heavy (non-hydrogen) atoms. The number of carbonyl (C=O) groups excluding carboxylic acids is 1. The molecule has 0 saturated carbocycles. The Morgan fingerprint density at radius 2 is 2.11 bits per heavy atom. The second kappa shape index (κ2) is 5.31. The Morgan fingerprint density at radius 1 is 1.39 bits per heavy atom. The van der Waals surface area contributed by atoms with Crippen LogP contribution in [0.5, 0.6) is 0 Å². The zero-order valence-corrected chi connectivity index (χ0v) is 10.1. The van der Waals surface area contributed by atoms with E-state index in [1.54, 1.807) is 0 Å². The number of aryl methyl sites for hydroxylation is 1. The number of hydrogen-bond acceptors (Lipinski definition) is 4. The molecule has 6 nitrogen and oxygen atoms in total. The first-order valence-corrected chi connectivity index (χ1v) is 5.61. The molecule has 6 heteroatoms. The van der Waals surface area contributed by atoms with E-state index in [0.717, 1.165) is 5.56 Å². The second-order valence-electron chi connectivity index (χ2n) is 4.06. The van der Waals surface area contributed by atoms with Gasteiger partial charge in [-0.15, -0.1) is 5.10 Å². The quantitative estimate of drug-likeness (QED) is 0.820. The minimum Gasteiger partial charge on any atom is -0.381 e. The maximum Gasteiger partial charge on any atom is 0.243 e. The number of aromatic nitrogens is 3. The summed E-state index contributed by atoms with van der Waals surface area (Å²) in [6.07, 6.45) is 1.41. The predicted octanol–water partition coefficient (Wildman–Crippen LogP) is 0.485. The molecule has 3 N–H and O–H groups in total. The van der Waals surface area contributed by atoms with Gasteiger partial charge in [-0.2, -0.15) is 9.90 Å². The van der Waals surface area contributed by atoms with E-state index < -0.39 is 0 Å². The van der Waals surface area contributed by atoms with Crippen molar-refractivity contribution in [3.05, 3.63) is 41.6 Å². The zero-order valence-electron chi connectivity index (χ0n) is 10.1. The van der Waals surface area contributed by atoms with Crippen molar-refractivity contribution in [1.82, 2.24) is 20.3 Å². The number of nitrogens with zero attached hydrogens (tertiary/aromatic N) is 3. The number of benzene rings is 1. The van der Waals surface area contributed by atoms with E-state index in [-0.39, 0.29) is 12.5 Å². The fourth-order valence-electron chi connectivity index (χ4n) is 1.48. The maximum absolute atomic E-state index is 11.6. The van der Waals surface area contributed by atoms with E-state index in [0.29, 0.717) is 12.4 Å². The summed E-state index contributed by atoms with van der Waals surface area (Å²) >= 11 is 0. The summed E-state index contributed by atoms with van der Waals surface area (Å²) in [5.41, 5.74) is 7.66. The van der Waals surface area contributed by atoms with Crippen LogP contribution in [0.4, 0.5) is 5.82 Å². The van der Waals surface area contributed by atoms with Crippen LogP contribution in [-0.4, -0.2) is 20.9 Å². The van der Waals surface area contributed by atoms with Crippen LogP contribution in [0.25, 0.3) is 0 Å². The lowest BCUT2D eigenvalue weighted by Crippen LogP contribution is -2.28. The van der Waals surface area contributed by atoms with E-state index in [2.05, 4.69) is 15.5 Å². The van der Waals surface area contributed by atoms with Gasteiger partial charge in [-0.05, 0) is 12.5 Å². The highest BCUT2D eigenvalue weighted by Crippen LogP contribution is 2.02. The van der Waals surface area contributed by atoms with Crippen molar-refractivity contribution in [2.75, 3.05) is 5.73 Å². The molecule has 1 aromatic carbocycles. The normalized spacial score (nSPS) is 10.3. The third-order valence-electron chi connectivity index (χ3n) is 2.45. The van der Waals surface area contributed by atoms with Crippen LogP contribution in [0, 0.1) is 6.92 Å². The van der Waals surface area contributed by atoms with Crippen molar-refractivity contribution in [3.63, 3.8) is 0 Å². The van der Waals surface area contributed by atoms with E-state index in [1.807, 2.05) is 31.2 Å². The molecule has 0 spiro atoms. The Bertz CT molecular complexity index is 532. The number of rotatable bonds is 4. The van der Waals surface area contributed by atoms with Gasteiger partial charge < -0.3 is 11.1 Å². The molecule has 1 aromatic heterocycles. The van der Waals surface area contributed by atoms with Gasteiger partial charge in [-0.25, -0.2) is 0 Å². The third kappa shape index (κ3) is 3.31. The van der Waals surface area contributed by atoms with Gasteiger partial charge in [0.1, 0.15) is 6.54 Å². The van der Waals surface area contributed by atoms with Gasteiger partial charge in [0.05, 0.1) is 6.20 Å². The molecule has 0 bridgehead atoms. The van der Waals surface area contributed by atoms with Crippen LogP contribution in [0.1, 0.15) is 11.1 Å². The monoisotopic (exact) mass is 245 g/mol. The second-order valence-corrected chi connectivity index (χ2v) is 4.06. The highest BCUT2D eigenvalue weighted by Gasteiger charge is 2.04. The standard InChI is InChI=1S/C12H15N5O/c1-9-2-4-10(5-3-9)6-14-12(18)8-17-15-7-11(13)16-17/h2-5,7H,6,8H2,1H3,(H2,13,16)(H,14,18). The van der Waals surface area contributed by atoms with Gasteiger partial charge in [-0.1, -0.05) is 29.8 Å².